The van der Waals surface area contributed by atoms with Gasteiger partial charge in [-0.15, -0.1) is 0 Å². The fourth-order valence-corrected chi connectivity index (χ4v) is 1.45. The van der Waals surface area contributed by atoms with Crippen LogP contribution in [-0.4, -0.2) is 16.9 Å². The number of ketones is 1. The van der Waals surface area contributed by atoms with Crippen LogP contribution in [0, 0.1) is 0 Å². The lowest BCUT2D eigenvalue weighted by molar-refractivity contribution is 0.0692. The highest BCUT2D eigenvalue weighted by Gasteiger charge is 2.15. The summed E-state index contributed by atoms with van der Waals surface area (Å²) in [5, 5.41) is 8.99. The van der Waals surface area contributed by atoms with Crippen molar-refractivity contribution in [2.45, 2.75) is 6.92 Å². The molecule has 1 rings (SSSR count). The molecule has 1 aromatic carbocycles. The molecule has 3 heteroatoms. The molecule has 1 aromatic rings. The quantitative estimate of drug-likeness (QED) is 0.787. The third-order valence-electron chi connectivity index (χ3n) is 2.27. The number of aromatic carboxylic acids is 1. The van der Waals surface area contributed by atoms with Crippen LogP contribution in [0.5, 0.6) is 0 Å². The smallest absolute Gasteiger partial charge is 0.336 e. The van der Waals surface area contributed by atoms with Gasteiger partial charge >= 0.3 is 5.97 Å². The van der Waals surface area contributed by atoms with Gasteiger partial charge in [0.25, 0.3) is 0 Å². The van der Waals surface area contributed by atoms with Crippen molar-refractivity contribution in [3.05, 3.63) is 47.5 Å². The summed E-state index contributed by atoms with van der Waals surface area (Å²) in [6.45, 7) is 8.53. The monoisotopic (exact) mass is 216 g/mol. The molecule has 0 aliphatic rings. The molecule has 0 radical (unpaired) electrons. The Bertz CT molecular complexity index is 439. The van der Waals surface area contributed by atoms with Crippen molar-refractivity contribution in [3.8, 4) is 0 Å². The zero-order valence-corrected chi connectivity index (χ0v) is 8.99. The first-order valence-corrected chi connectivity index (χ1v) is 4.68. The number of benzene rings is 1. The molecule has 0 bridgehead atoms. The van der Waals surface area contributed by atoms with E-state index in [2.05, 4.69) is 13.2 Å². The molecule has 0 amide bonds. The third-order valence-corrected chi connectivity index (χ3v) is 2.27. The Kier molecular flexibility index (Phi) is 3.40. The van der Waals surface area contributed by atoms with Crippen molar-refractivity contribution < 1.29 is 14.7 Å². The number of carboxylic acids is 1. The summed E-state index contributed by atoms with van der Waals surface area (Å²) in [6, 6.07) is 2.96. The molecule has 0 saturated carbocycles. The minimum absolute atomic E-state index is 0.00648. The van der Waals surface area contributed by atoms with Crippen LogP contribution < -0.4 is 0 Å². The topological polar surface area (TPSA) is 54.4 Å². The highest BCUT2D eigenvalue weighted by molar-refractivity contribution is 6.05. The Morgan fingerprint density at radius 1 is 1.12 bits per heavy atom. The molecule has 0 aliphatic carbocycles. The number of rotatable bonds is 4. The van der Waals surface area contributed by atoms with E-state index in [0.29, 0.717) is 11.1 Å². The molecule has 16 heavy (non-hydrogen) atoms. The lowest BCUT2D eigenvalue weighted by Crippen LogP contribution is -2.07. The molecule has 0 atom stereocenters. The summed E-state index contributed by atoms with van der Waals surface area (Å²) in [4.78, 5) is 22.3. The molecule has 82 valence electrons. The van der Waals surface area contributed by atoms with Gasteiger partial charge in [0.05, 0.1) is 5.56 Å². The standard InChI is InChI=1S/C13H12O3/c1-4-9-6-11(8(3)14)12(13(15)16)7-10(9)5-2/h4-7H,1-2H2,3H3,(H,15,16). The minimum atomic E-state index is -1.12. The Balaban J connectivity index is 3.59. The molecule has 0 unspecified atom stereocenters. The lowest BCUT2D eigenvalue weighted by atomic mass is 9.96. The van der Waals surface area contributed by atoms with E-state index in [4.69, 9.17) is 5.11 Å². The number of Topliss-reactive ketones (excluding diaryl/α,β-unsaturated/α-hetero) is 1. The second kappa shape index (κ2) is 4.57. The van der Waals surface area contributed by atoms with Gasteiger partial charge in [-0.05, 0) is 30.2 Å². The second-order valence-corrected chi connectivity index (χ2v) is 3.30. The third kappa shape index (κ3) is 2.08. The van der Waals surface area contributed by atoms with Crippen LogP contribution in [0.15, 0.2) is 25.3 Å². The molecule has 1 N–H and O–H groups in total. The van der Waals surface area contributed by atoms with Crippen molar-refractivity contribution in [1.82, 2.24) is 0 Å². The van der Waals surface area contributed by atoms with E-state index >= 15 is 0 Å². The maximum absolute atomic E-state index is 11.3. The van der Waals surface area contributed by atoms with Gasteiger partial charge in [0.2, 0.25) is 0 Å². The molecular weight excluding hydrogens is 204 g/mol. The average Bonchev–Trinajstić information content (AvgIpc) is 2.26. The van der Waals surface area contributed by atoms with Gasteiger partial charge in [0, 0.05) is 5.56 Å². The summed E-state index contributed by atoms with van der Waals surface area (Å²) >= 11 is 0. The van der Waals surface area contributed by atoms with Crippen LogP contribution >= 0.6 is 0 Å². The Labute approximate surface area is 93.7 Å². The summed E-state index contributed by atoms with van der Waals surface area (Å²) in [5.74, 6) is -1.40. The Hall–Kier alpha value is -2.16. The van der Waals surface area contributed by atoms with Gasteiger partial charge in [-0.2, -0.15) is 0 Å². The van der Waals surface area contributed by atoms with Crippen LogP contribution in [0.25, 0.3) is 12.2 Å². The van der Waals surface area contributed by atoms with Crippen LogP contribution in [0.2, 0.25) is 0 Å². The first-order chi connectivity index (χ1) is 7.51. The van der Waals surface area contributed by atoms with Crippen LogP contribution in [0.1, 0.15) is 38.8 Å². The molecule has 3 nitrogen and oxygen atoms in total. The molecule has 0 heterocycles. The van der Waals surface area contributed by atoms with Gasteiger partial charge < -0.3 is 5.11 Å². The fourth-order valence-electron chi connectivity index (χ4n) is 1.45. The number of hydrogen-bond donors (Lipinski definition) is 1. The van der Waals surface area contributed by atoms with E-state index in [1.165, 1.54) is 25.1 Å². The van der Waals surface area contributed by atoms with Crippen LogP contribution in [0.3, 0.4) is 0 Å². The summed E-state index contributed by atoms with van der Waals surface area (Å²) < 4.78 is 0. The first kappa shape index (κ1) is 11.9. The van der Waals surface area contributed by atoms with E-state index < -0.39 is 5.97 Å². The normalized spacial score (nSPS) is 9.56. The fraction of sp³-hybridized carbons (Fsp3) is 0.0769. The number of carboxylic acid groups (broad SMARTS) is 1. The minimum Gasteiger partial charge on any atom is -0.478 e. The average molecular weight is 216 g/mol. The first-order valence-electron chi connectivity index (χ1n) is 4.68. The molecular formula is C13H12O3. The lowest BCUT2D eigenvalue weighted by Gasteiger charge is -2.07. The van der Waals surface area contributed by atoms with Crippen LogP contribution in [0.4, 0.5) is 0 Å². The molecule has 0 fully saturated rings. The summed E-state index contributed by atoms with van der Waals surface area (Å²) in [5.41, 5.74) is 1.53. The van der Waals surface area contributed by atoms with Crippen molar-refractivity contribution in [1.29, 1.82) is 0 Å². The van der Waals surface area contributed by atoms with Crippen molar-refractivity contribution >= 4 is 23.9 Å². The van der Waals surface area contributed by atoms with Gasteiger partial charge in [0.15, 0.2) is 5.78 Å². The van der Waals surface area contributed by atoms with Crippen molar-refractivity contribution in [2.75, 3.05) is 0 Å². The number of carbonyl (C=O) groups is 2. The number of hydrogen-bond acceptors (Lipinski definition) is 2. The van der Waals surface area contributed by atoms with Crippen LogP contribution in [-0.2, 0) is 0 Å². The molecule has 0 aromatic heterocycles. The largest absolute Gasteiger partial charge is 0.478 e. The van der Waals surface area contributed by atoms with Gasteiger partial charge in [0.1, 0.15) is 0 Å². The molecule has 0 saturated heterocycles. The predicted molar refractivity (Wildman–Crippen MR) is 63.6 cm³/mol. The maximum Gasteiger partial charge on any atom is 0.336 e. The predicted octanol–water partition coefficient (Wildman–Crippen LogP) is 2.87. The number of carbonyl (C=O) groups excluding carboxylic acids is 1. The van der Waals surface area contributed by atoms with Gasteiger partial charge in [-0.1, -0.05) is 25.3 Å². The van der Waals surface area contributed by atoms with Gasteiger partial charge in [-0.3, -0.25) is 4.79 Å². The van der Waals surface area contributed by atoms with E-state index in [-0.39, 0.29) is 16.9 Å². The van der Waals surface area contributed by atoms with E-state index in [9.17, 15) is 9.59 Å². The van der Waals surface area contributed by atoms with E-state index in [1.807, 2.05) is 0 Å². The highest BCUT2D eigenvalue weighted by atomic mass is 16.4. The van der Waals surface area contributed by atoms with E-state index in [0.717, 1.165) is 0 Å². The Morgan fingerprint density at radius 3 is 1.88 bits per heavy atom. The SMILES string of the molecule is C=Cc1cc(C(C)=O)c(C(=O)O)cc1C=C. The Morgan fingerprint density at radius 2 is 1.56 bits per heavy atom. The maximum atomic E-state index is 11.3. The zero-order chi connectivity index (χ0) is 12.3. The van der Waals surface area contributed by atoms with E-state index in [1.54, 1.807) is 6.08 Å². The van der Waals surface area contributed by atoms with Crippen molar-refractivity contribution in [2.24, 2.45) is 0 Å². The summed E-state index contributed by atoms with van der Waals surface area (Å²) in [7, 11) is 0. The van der Waals surface area contributed by atoms with Crippen molar-refractivity contribution in [3.63, 3.8) is 0 Å². The van der Waals surface area contributed by atoms with Gasteiger partial charge in [-0.25, -0.2) is 4.79 Å². The summed E-state index contributed by atoms with van der Waals surface area (Å²) in [6.07, 6.45) is 3.10. The second-order valence-electron chi connectivity index (χ2n) is 3.30. The molecule has 0 aliphatic heterocycles. The molecule has 0 spiro atoms. The highest BCUT2D eigenvalue weighted by Crippen LogP contribution is 2.20. The zero-order valence-electron chi connectivity index (χ0n) is 8.99.